The lowest BCUT2D eigenvalue weighted by atomic mass is 10.1. The van der Waals surface area contributed by atoms with Crippen molar-refractivity contribution in [3.05, 3.63) is 35.4 Å². The van der Waals surface area contributed by atoms with Crippen molar-refractivity contribution in [1.82, 2.24) is 0 Å². The third-order valence-corrected chi connectivity index (χ3v) is 4.74. The molecular formula is C14H16F2OS. The van der Waals surface area contributed by atoms with Gasteiger partial charge in [0, 0.05) is 11.3 Å². The quantitative estimate of drug-likeness (QED) is 0.762. The van der Waals surface area contributed by atoms with Gasteiger partial charge in [-0.3, -0.25) is 4.79 Å². The minimum absolute atomic E-state index is 0.00519. The number of carbonyl (C=O) groups is 1. The number of halogens is 2. The average molecular weight is 270 g/mol. The number of benzene rings is 1. The monoisotopic (exact) mass is 270 g/mol. The van der Waals surface area contributed by atoms with Gasteiger partial charge in [-0.1, -0.05) is 12.8 Å². The lowest BCUT2D eigenvalue weighted by Crippen LogP contribution is -2.18. The molecular weight excluding hydrogens is 254 g/mol. The standard InChI is InChI=1S/C14H16F2OS/c1-9(18-11-4-2-3-5-11)14(17)12-7-6-10(15)8-13(12)16/h6-9,11H,2-5H2,1H3. The van der Waals surface area contributed by atoms with E-state index in [1.54, 1.807) is 18.7 Å². The number of hydrogen-bond donors (Lipinski definition) is 0. The molecule has 0 spiro atoms. The molecule has 0 saturated heterocycles. The highest BCUT2D eigenvalue weighted by Gasteiger charge is 2.24. The van der Waals surface area contributed by atoms with Gasteiger partial charge < -0.3 is 0 Å². The van der Waals surface area contributed by atoms with Crippen LogP contribution in [0.2, 0.25) is 0 Å². The highest BCUT2D eigenvalue weighted by atomic mass is 32.2. The summed E-state index contributed by atoms with van der Waals surface area (Å²) in [4.78, 5) is 12.1. The van der Waals surface area contributed by atoms with E-state index in [4.69, 9.17) is 0 Å². The molecule has 0 aliphatic heterocycles. The molecule has 1 aromatic rings. The number of rotatable bonds is 4. The molecule has 98 valence electrons. The van der Waals surface area contributed by atoms with Crippen LogP contribution in [0.25, 0.3) is 0 Å². The lowest BCUT2D eigenvalue weighted by molar-refractivity contribution is 0.0990. The van der Waals surface area contributed by atoms with Crippen molar-refractivity contribution in [3.8, 4) is 0 Å². The Morgan fingerprint density at radius 3 is 2.61 bits per heavy atom. The van der Waals surface area contributed by atoms with Gasteiger partial charge in [0.15, 0.2) is 5.78 Å². The molecule has 1 fully saturated rings. The summed E-state index contributed by atoms with van der Waals surface area (Å²) in [7, 11) is 0. The first kappa shape index (κ1) is 13.5. The molecule has 0 bridgehead atoms. The average Bonchev–Trinajstić information content (AvgIpc) is 2.81. The Bertz CT molecular complexity index is 441. The molecule has 0 heterocycles. The Kier molecular flexibility index (Phi) is 4.38. The van der Waals surface area contributed by atoms with E-state index in [2.05, 4.69) is 0 Å². The Balaban J connectivity index is 2.05. The molecule has 4 heteroatoms. The first-order chi connectivity index (χ1) is 8.58. The topological polar surface area (TPSA) is 17.1 Å². The first-order valence-electron chi connectivity index (χ1n) is 6.22. The summed E-state index contributed by atoms with van der Waals surface area (Å²) >= 11 is 1.61. The summed E-state index contributed by atoms with van der Waals surface area (Å²) in [5, 5.41) is 0.237. The van der Waals surface area contributed by atoms with Crippen molar-refractivity contribution in [1.29, 1.82) is 0 Å². The van der Waals surface area contributed by atoms with Crippen molar-refractivity contribution >= 4 is 17.5 Å². The Labute approximate surface area is 110 Å². The van der Waals surface area contributed by atoms with Crippen LogP contribution in [-0.2, 0) is 0 Å². The van der Waals surface area contributed by atoms with E-state index in [-0.39, 0.29) is 16.6 Å². The second kappa shape index (κ2) is 5.83. The van der Waals surface area contributed by atoms with E-state index in [1.165, 1.54) is 18.9 Å². The Morgan fingerprint density at radius 2 is 2.00 bits per heavy atom. The molecule has 1 atom stereocenters. The predicted molar refractivity (Wildman–Crippen MR) is 70.0 cm³/mol. The van der Waals surface area contributed by atoms with Crippen LogP contribution in [0.5, 0.6) is 0 Å². The van der Waals surface area contributed by atoms with E-state index >= 15 is 0 Å². The van der Waals surface area contributed by atoms with Crippen molar-refractivity contribution in [2.45, 2.75) is 43.1 Å². The van der Waals surface area contributed by atoms with Crippen molar-refractivity contribution in [3.63, 3.8) is 0 Å². The fourth-order valence-corrected chi connectivity index (χ4v) is 3.72. The summed E-state index contributed by atoms with van der Waals surface area (Å²) in [6.07, 6.45) is 4.69. The molecule has 18 heavy (non-hydrogen) atoms. The molecule has 1 aliphatic rings. The van der Waals surface area contributed by atoms with Crippen LogP contribution in [0.1, 0.15) is 43.0 Å². The number of carbonyl (C=O) groups excluding carboxylic acids is 1. The molecule has 0 radical (unpaired) electrons. The SMILES string of the molecule is CC(SC1CCCC1)C(=O)c1ccc(F)cc1F. The smallest absolute Gasteiger partial charge is 0.178 e. The van der Waals surface area contributed by atoms with Crippen LogP contribution in [0, 0.1) is 11.6 Å². The zero-order valence-electron chi connectivity index (χ0n) is 10.3. The van der Waals surface area contributed by atoms with Gasteiger partial charge in [0.25, 0.3) is 0 Å². The van der Waals surface area contributed by atoms with Crippen LogP contribution in [0.4, 0.5) is 8.78 Å². The molecule has 2 rings (SSSR count). The van der Waals surface area contributed by atoms with Gasteiger partial charge in [-0.15, -0.1) is 11.8 Å². The summed E-state index contributed by atoms with van der Waals surface area (Å²) < 4.78 is 26.3. The Morgan fingerprint density at radius 1 is 1.33 bits per heavy atom. The maximum Gasteiger partial charge on any atom is 0.178 e. The molecule has 1 aromatic carbocycles. The van der Waals surface area contributed by atoms with E-state index in [9.17, 15) is 13.6 Å². The van der Waals surface area contributed by atoms with Crippen LogP contribution < -0.4 is 0 Å². The normalized spacial score (nSPS) is 17.9. The minimum Gasteiger partial charge on any atom is -0.293 e. The van der Waals surface area contributed by atoms with Gasteiger partial charge in [-0.25, -0.2) is 8.78 Å². The number of Topliss-reactive ketones (excluding diaryl/α,β-unsaturated/α-hetero) is 1. The highest BCUT2D eigenvalue weighted by Crippen LogP contribution is 2.33. The van der Waals surface area contributed by atoms with Crippen LogP contribution in [0.15, 0.2) is 18.2 Å². The van der Waals surface area contributed by atoms with Crippen molar-refractivity contribution in [2.24, 2.45) is 0 Å². The van der Waals surface area contributed by atoms with E-state index in [0.717, 1.165) is 25.0 Å². The number of hydrogen-bond acceptors (Lipinski definition) is 2. The van der Waals surface area contributed by atoms with Crippen molar-refractivity contribution in [2.75, 3.05) is 0 Å². The van der Waals surface area contributed by atoms with E-state index < -0.39 is 11.6 Å². The van der Waals surface area contributed by atoms with Crippen LogP contribution in [-0.4, -0.2) is 16.3 Å². The van der Waals surface area contributed by atoms with Crippen molar-refractivity contribution < 1.29 is 13.6 Å². The van der Waals surface area contributed by atoms with Gasteiger partial charge in [-0.2, -0.15) is 0 Å². The molecule has 0 amide bonds. The van der Waals surface area contributed by atoms with Gasteiger partial charge in [0.1, 0.15) is 11.6 Å². The fraction of sp³-hybridized carbons (Fsp3) is 0.500. The van der Waals surface area contributed by atoms with E-state index in [0.29, 0.717) is 5.25 Å². The molecule has 1 unspecified atom stereocenters. The number of thioether (sulfide) groups is 1. The summed E-state index contributed by atoms with van der Waals surface area (Å²) in [6, 6.07) is 3.13. The summed E-state index contributed by atoms with van der Waals surface area (Å²) in [5.41, 5.74) is -0.00519. The highest BCUT2D eigenvalue weighted by molar-refractivity contribution is 8.01. The minimum atomic E-state index is -0.765. The maximum absolute atomic E-state index is 13.5. The van der Waals surface area contributed by atoms with Crippen LogP contribution >= 0.6 is 11.8 Å². The zero-order valence-corrected chi connectivity index (χ0v) is 11.1. The number of ketones is 1. The lowest BCUT2D eigenvalue weighted by Gasteiger charge is -2.15. The largest absolute Gasteiger partial charge is 0.293 e. The van der Waals surface area contributed by atoms with Gasteiger partial charge >= 0.3 is 0 Å². The Hall–Kier alpha value is -0.900. The second-order valence-corrected chi connectivity index (χ2v) is 6.32. The predicted octanol–water partition coefficient (Wildman–Crippen LogP) is 4.21. The first-order valence-corrected chi connectivity index (χ1v) is 7.17. The maximum atomic E-state index is 13.5. The third kappa shape index (κ3) is 3.10. The van der Waals surface area contributed by atoms with Crippen LogP contribution in [0.3, 0.4) is 0 Å². The fourth-order valence-electron chi connectivity index (χ4n) is 2.28. The summed E-state index contributed by atoms with van der Waals surface area (Å²) in [6.45, 7) is 1.80. The second-order valence-electron chi connectivity index (χ2n) is 4.67. The zero-order chi connectivity index (χ0) is 13.1. The van der Waals surface area contributed by atoms with Gasteiger partial charge in [0.05, 0.1) is 10.8 Å². The summed E-state index contributed by atoms with van der Waals surface area (Å²) in [5.74, 6) is -1.66. The molecule has 1 nitrogen and oxygen atoms in total. The third-order valence-electron chi connectivity index (χ3n) is 3.26. The molecule has 0 N–H and O–H groups in total. The van der Waals surface area contributed by atoms with E-state index in [1.807, 2.05) is 0 Å². The molecule has 1 aliphatic carbocycles. The molecule has 1 saturated carbocycles. The van der Waals surface area contributed by atoms with Gasteiger partial charge in [-0.05, 0) is 31.9 Å². The van der Waals surface area contributed by atoms with Gasteiger partial charge in [0.2, 0.25) is 0 Å². The molecule has 0 aromatic heterocycles.